The number of aryl methyl sites for hydroxylation is 2. The maximum Gasteiger partial charge on any atom is 0.300 e. The first kappa shape index (κ1) is 26.3. The number of carbonyl (C=O) groups is 2. The Morgan fingerprint density at radius 2 is 1.63 bits per heavy atom. The molecule has 1 atom stereocenters. The molecule has 3 aromatic rings. The van der Waals surface area contributed by atoms with Crippen LogP contribution in [-0.2, 0) is 9.59 Å². The Morgan fingerprint density at radius 1 is 0.947 bits per heavy atom. The van der Waals surface area contributed by atoms with Crippen LogP contribution in [0.5, 0.6) is 17.2 Å². The van der Waals surface area contributed by atoms with Gasteiger partial charge in [-0.05, 0) is 86.0 Å². The predicted molar refractivity (Wildman–Crippen MR) is 143 cm³/mol. The van der Waals surface area contributed by atoms with Gasteiger partial charge in [-0.3, -0.25) is 14.5 Å². The van der Waals surface area contributed by atoms with Crippen molar-refractivity contribution in [3.63, 3.8) is 0 Å². The van der Waals surface area contributed by atoms with Crippen LogP contribution in [0.4, 0.5) is 5.69 Å². The van der Waals surface area contributed by atoms with Crippen molar-refractivity contribution in [3.8, 4) is 23.3 Å². The molecule has 194 valence electrons. The van der Waals surface area contributed by atoms with Gasteiger partial charge in [-0.15, -0.1) is 0 Å². The molecule has 1 fully saturated rings. The molecule has 8 heteroatoms. The van der Waals surface area contributed by atoms with E-state index in [0.29, 0.717) is 51.8 Å². The number of ether oxygens (including phenoxy) is 3. The molecule has 1 N–H and O–H groups in total. The number of aliphatic hydroxyl groups is 1. The second-order valence-corrected chi connectivity index (χ2v) is 8.81. The third kappa shape index (κ3) is 4.55. The van der Waals surface area contributed by atoms with Gasteiger partial charge < -0.3 is 19.3 Å². The van der Waals surface area contributed by atoms with Gasteiger partial charge in [0.05, 0.1) is 44.1 Å². The summed E-state index contributed by atoms with van der Waals surface area (Å²) in [7, 11) is 3.08. The molecule has 1 aliphatic heterocycles. The zero-order valence-electron chi connectivity index (χ0n) is 21.9. The Bertz CT molecular complexity index is 1480. The second kappa shape index (κ2) is 10.7. The summed E-state index contributed by atoms with van der Waals surface area (Å²) >= 11 is 0. The number of anilines is 1. The molecule has 3 aromatic carbocycles. The van der Waals surface area contributed by atoms with Crippen molar-refractivity contribution in [2.75, 3.05) is 25.7 Å². The normalized spacial score (nSPS) is 16.3. The van der Waals surface area contributed by atoms with Gasteiger partial charge in [0, 0.05) is 11.3 Å². The number of hydrogen-bond acceptors (Lipinski definition) is 7. The molecule has 1 unspecified atom stereocenters. The van der Waals surface area contributed by atoms with E-state index >= 15 is 0 Å². The molecule has 4 rings (SSSR count). The number of hydrogen-bond donors (Lipinski definition) is 1. The van der Waals surface area contributed by atoms with Gasteiger partial charge >= 0.3 is 0 Å². The maximum atomic E-state index is 13.5. The topological polar surface area (TPSA) is 109 Å². The fourth-order valence-corrected chi connectivity index (χ4v) is 4.65. The Balaban J connectivity index is 1.99. The lowest BCUT2D eigenvalue weighted by atomic mass is 9.92. The number of rotatable bonds is 7. The largest absolute Gasteiger partial charge is 0.507 e. The monoisotopic (exact) mass is 512 g/mol. The highest BCUT2D eigenvalue weighted by Crippen LogP contribution is 2.44. The standard InChI is InChI=1S/C30H28N2O6/c1-6-38-25-15-20(9-12-23(25)36-4)27-26(28(33)22-13-18(3)24(37-5)14-17(22)2)29(34)30(35)32(27)21-10-7-19(16-31)8-11-21/h7-15,27,33H,6H2,1-5H3/b28-26+. The summed E-state index contributed by atoms with van der Waals surface area (Å²) in [6.45, 7) is 5.84. The zero-order valence-corrected chi connectivity index (χ0v) is 21.9. The van der Waals surface area contributed by atoms with Crippen molar-refractivity contribution in [3.05, 3.63) is 88.0 Å². The van der Waals surface area contributed by atoms with E-state index in [0.717, 1.165) is 5.56 Å². The molecule has 38 heavy (non-hydrogen) atoms. The van der Waals surface area contributed by atoms with Crippen LogP contribution in [0.25, 0.3) is 5.76 Å². The van der Waals surface area contributed by atoms with Gasteiger partial charge in [0.1, 0.15) is 11.5 Å². The summed E-state index contributed by atoms with van der Waals surface area (Å²) in [6, 6.07) is 16.1. The molecule has 0 spiro atoms. The molecule has 1 amide bonds. The maximum absolute atomic E-state index is 13.5. The van der Waals surface area contributed by atoms with E-state index in [9.17, 15) is 20.0 Å². The third-order valence-corrected chi connectivity index (χ3v) is 6.52. The lowest BCUT2D eigenvalue weighted by Crippen LogP contribution is -2.29. The predicted octanol–water partition coefficient (Wildman–Crippen LogP) is 5.22. The van der Waals surface area contributed by atoms with E-state index in [-0.39, 0.29) is 11.3 Å². The molecule has 0 bridgehead atoms. The Kier molecular flexibility index (Phi) is 7.40. The van der Waals surface area contributed by atoms with Crippen LogP contribution in [-0.4, -0.2) is 37.6 Å². The number of Topliss-reactive ketones (excluding diaryl/α,β-unsaturated/α-hetero) is 1. The lowest BCUT2D eigenvalue weighted by Gasteiger charge is -2.26. The van der Waals surface area contributed by atoms with E-state index in [1.165, 1.54) is 12.0 Å². The molecule has 0 aromatic heterocycles. The lowest BCUT2D eigenvalue weighted by molar-refractivity contribution is -0.132. The van der Waals surface area contributed by atoms with E-state index in [2.05, 4.69) is 6.07 Å². The van der Waals surface area contributed by atoms with Gasteiger partial charge in [-0.1, -0.05) is 6.07 Å². The molecular weight excluding hydrogens is 484 g/mol. The average molecular weight is 513 g/mol. The SMILES string of the molecule is CCOc1cc(C2/C(=C(\O)c3cc(C)c(OC)cc3C)C(=O)C(=O)N2c2ccc(C#N)cc2)ccc1OC. The van der Waals surface area contributed by atoms with Crippen molar-refractivity contribution >= 4 is 23.1 Å². The summed E-state index contributed by atoms with van der Waals surface area (Å²) in [6.07, 6.45) is 0. The number of aliphatic hydroxyl groups excluding tert-OH is 1. The molecule has 0 aliphatic carbocycles. The van der Waals surface area contributed by atoms with Crippen LogP contribution in [0.2, 0.25) is 0 Å². The number of nitriles is 1. The fourth-order valence-electron chi connectivity index (χ4n) is 4.65. The summed E-state index contributed by atoms with van der Waals surface area (Å²) in [4.78, 5) is 28.3. The van der Waals surface area contributed by atoms with Crippen molar-refractivity contribution in [2.45, 2.75) is 26.8 Å². The van der Waals surface area contributed by atoms with Gasteiger partial charge in [0.15, 0.2) is 11.5 Å². The molecule has 0 saturated carbocycles. The summed E-state index contributed by atoms with van der Waals surface area (Å²) in [5, 5.41) is 20.8. The van der Waals surface area contributed by atoms with E-state index in [1.807, 2.05) is 13.8 Å². The minimum absolute atomic E-state index is 0.0559. The Labute approximate surface area is 221 Å². The average Bonchev–Trinajstić information content (AvgIpc) is 3.19. The first-order valence-corrected chi connectivity index (χ1v) is 12.0. The fraction of sp³-hybridized carbons (Fsp3) is 0.233. The molecule has 1 saturated heterocycles. The van der Waals surface area contributed by atoms with Crippen molar-refractivity contribution in [1.29, 1.82) is 5.26 Å². The van der Waals surface area contributed by atoms with Crippen LogP contribution in [0.3, 0.4) is 0 Å². The van der Waals surface area contributed by atoms with Gasteiger partial charge in [0.2, 0.25) is 0 Å². The highest BCUT2D eigenvalue weighted by atomic mass is 16.5. The molecular formula is C30H28N2O6. The van der Waals surface area contributed by atoms with E-state index in [1.54, 1.807) is 68.6 Å². The number of benzene rings is 3. The van der Waals surface area contributed by atoms with Crippen molar-refractivity contribution in [2.24, 2.45) is 0 Å². The van der Waals surface area contributed by atoms with Crippen LogP contribution in [0.15, 0.2) is 60.2 Å². The number of ketones is 1. The molecule has 0 radical (unpaired) electrons. The molecule has 1 aliphatic rings. The highest BCUT2D eigenvalue weighted by molar-refractivity contribution is 6.51. The molecule has 8 nitrogen and oxygen atoms in total. The number of nitrogens with zero attached hydrogens (tertiary/aromatic N) is 2. The third-order valence-electron chi connectivity index (χ3n) is 6.52. The number of carbonyl (C=O) groups excluding carboxylic acids is 2. The quantitative estimate of drug-likeness (QED) is 0.263. The second-order valence-electron chi connectivity index (χ2n) is 8.81. The van der Waals surface area contributed by atoms with Crippen molar-refractivity contribution < 1.29 is 28.9 Å². The number of methoxy groups -OCH3 is 2. The first-order valence-electron chi connectivity index (χ1n) is 12.0. The highest BCUT2D eigenvalue weighted by Gasteiger charge is 2.47. The summed E-state index contributed by atoms with van der Waals surface area (Å²) in [5.74, 6) is -0.329. The van der Waals surface area contributed by atoms with E-state index in [4.69, 9.17) is 14.2 Å². The summed E-state index contributed by atoms with van der Waals surface area (Å²) in [5.41, 5.74) is 3.17. The number of amides is 1. The van der Waals surface area contributed by atoms with Crippen LogP contribution >= 0.6 is 0 Å². The van der Waals surface area contributed by atoms with Crippen molar-refractivity contribution in [1.82, 2.24) is 0 Å². The minimum Gasteiger partial charge on any atom is -0.507 e. The van der Waals surface area contributed by atoms with Gasteiger partial charge in [0.25, 0.3) is 11.7 Å². The Morgan fingerprint density at radius 3 is 2.24 bits per heavy atom. The smallest absolute Gasteiger partial charge is 0.300 e. The van der Waals surface area contributed by atoms with E-state index < -0.39 is 17.7 Å². The molecule has 1 heterocycles. The Hall–Kier alpha value is -4.77. The zero-order chi connectivity index (χ0) is 27.6. The van der Waals surface area contributed by atoms with Crippen LogP contribution in [0, 0.1) is 25.2 Å². The van der Waals surface area contributed by atoms with Crippen LogP contribution < -0.4 is 19.1 Å². The van der Waals surface area contributed by atoms with Gasteiger partial charge in [-0.25, -0.2) is 0 Å². The van der Waals surface area contributed by atoms with Gasteiger partial charge in [-0.2, -0.15) is 5.26 Å². The van der Waals surface area contributed by atoms with Crippen LogP contribution in [0.1, 0.15) is 40.8 Å². The summed E-state index contributed by atoms with van der Waals surface area (Å²) < 4.78 is 16.6. The first-order chi connectivity index (χ1) is 18.2. The minimum atomic E-state index is -0.963.